The molecule has 0 bridgehead atoms. The van der Waals surface area contributed by atoms with Gasteiger partial charge in [0.2, 0.25) is 0 Å². The minimum atomic E-state index is 0.578. The maximum Gasteiger partial charge on any atom is 0.169 e. The predicted octanol–water partition coefficient (Wildman–Crippen LogP) is 1.73. The van der Waals surface area contributed by atoms with Gasteiger partial charge in [-0.15, -0.1) is 5.10 Å². The van der Waals surface area contributed by atoms with E-state index in [0.717, 1.165) is 18.8 Å². The van der Waals surface area contributed by atoms with Crippen LogP contribution in [0.4, 0.5) is 5.82 Å². The van der Waals surface area contributed by atoms with Crippen LogP contribution in [0.15, 0.2) is 12.3 Å². The Balaban J connectivity index is 2.28. The second-order valence-corrected chi connectivity index (χ2v) is 3.80. The van der Waals surface area contributed by atoms with Crippen molar-refractivity contribution in [3.63, 3.8) is 0 Å². The average Bonchev–Trinajstić information content (AvgIpc) is 3.10. The first-order chi connectivity index (χ1) is 7.36. The van der Waals surface area contributed by atoms with Gasteiger partial charge in [-0.2, -0.15) is 10.4 Å². The summed E-state index contributed by atoms with van der Waals surface area (Å²) in [4.78, 5) is 2.21. The predicted molar refractivity (Wildman–Crippen MR) is 57.4 cm³/mol. The Hall–Kier alpha value is -1.63. The summed E-state index contributed by atoms with van der Waals surface area (Å²) in [6, 6.07) is 4.48. The first-order valence-corrected chi connectivity index (χ1v) is 5.35. The molecule has 1 aromatic rings. The molecule has 0 radical (unpaired) electrons. The molecule has 0 atom stereocenters. The van der Waals surface area contributed by atoms with Gasteiger partial charge >= 0.3 is 0 Å². The van der Waals surface area contributed by atoms with Crippen molar-refractivity contribution < 1.29 is 0 Å². The molecular weight excluding hydrogens is 188 g/mol. The van der Waals surface area contributed by atoms with Crippen molar-refractivity contribution in [1.29, 1.82) is 5.26 Å². The summed E-state index contributed by atoms with van der Waals surface area (Å²) in [7, 11) is 0. The van der Waals surface area contributed by atoms with Gasteiger partial charge in [-0.25, -0.2) is 0 Å². The Kier molecular flexibility index (Phi) is 2.82. The van der Waals surface area contributed by atoms with Gasteiger partial charge in [-0.1, -0.05) is 6.92 Å². The quantitative estimate of drug-likeness (QED) is 0.746. The third-order valence-electron chi connectivity index (χ3n) is 2.55. The van der Waals surface area contributed by atoms with E-state index in [0.29, 0.717) is 11.6 Å². The molecule has 15 heavy (non-hydrogen) atoms. The van der Waals surface area contributed by atoms with Crippen molar-refractivity contribution in [2.75, 3.05) is 11.4 Å². The Morgan fingerprint density at radius 1 is 1.60 bits per heavy atom. The van der Waals surface area contributed by atoms with Crippen LogP contribution in [-0.4, -0.2) is 22.8 Å². The number of nitrogens with zero attached hydrogens (tertiary/aromatic N) is 4. The molecule has 1 fully saturated rings. The zero-order valence-electron chi connectivity index (χ0n) is 8.85. The third kappa shape index (κ3) is 2.07. The molecule has 0 amide bonds. The van der Waals surface area contributed by atoms with Crippen LogP contribution in [0.25, 0.3) is 0 Å². The van der Waals surface area contributed by atoms with E-state index < -0.39 is 0 Å². The third-order valence-corrected chi connectivity index (χ3v) is 2.55. The van der Waals surface area contributed by atoms with Crippen LogP contribution in [0.3, 0.4) is 0 Å². The fourth-order valence-electron chi connectivity index (χ4n) is 1.71. The molecule has 4 heteroatoms. The van der Waals surface area contributed by atoms with Crippen molar-refractivity contribution in [1.82, 2.24) is 10.2 Å². The second-order valence-electron chi connectivity index (χ2n) is 3.80. The summed E-state index contributed by atoms with van der Waals surface area (Å²) >= 11 is 0. The molecule has 0 N–H and O–H groups in total. The van der Waals surface area contributed by atoms with Gasteiger partial charge in [0, 0.05) is 12.6 Å². The standard InChI is InChI=1S/C11H14N4/c1-2-7-15(10-3-4-10)11-9(8-12)5-6-13-14-11/h5-6,10H,2-4,7H2,1H3. The molecule has 1 aliphatic rings. The maximum absolute atomic E-state index is 8.99. The molecule has 2 rings (SSSR count). The van der Waals surface area contributed by atoms with Gasteiger partial charge in [-0.3, -0.25) is 0 Å². The van der Waals surface area contributed by atoms with Crippen molar-refractivity contribution in [2.45, 2.75) is 32.2 Å². The molecule has 0 aromatic carbocycles. The summed E-state index contributed by atoms with van der Waals surface area (Å²) in [5, 5.41) is 16.9. The van der Waals surface area contributed by atoms with Gasteiger partial charge in [0.05, 0.1) is 11.8 Å². The number of rotatable bonds is 4. The number of anilines is 1. The van der Waals surface area contributed by atoms with Gasteiger partial charge < -0.3 is 4.90 Å². The van der Waals surface area contributed by atoms with E-state index in [1.54, 1.807) is 12.3 Å². The van der Waals surface area contributed by atoms with Crippen LogP contribution in [0.2, 0.25) is 0 Å². The number of hydrogen-bond donors (Lipinski definition) is 0. The zero-order chi connectivity index (χ0) is 10.7. The highest BCUT2D eigenvalue weighted by atomic mass is 15.3. The van der Waals surface area contributed by atoms with Crippen LogP contribution in [0, 0.1) is 11.3 Å². The lowest BCUT2D eigenvalue weighted by molar-refractivity contribution is 0.738. The molecule has 0 unspecified atom stereocenters. The Morgan fingerprint density at radius 3 is 3.00 bits per heavy atom. The second kappa shape index (κ2) is 4.26. The van der Waals surface area contributed by atoms with E-state index in [9.17, 15) is 0 Å². The minimum Gasteiger partial charge on any atom is -0.351 e. The van der Waals surface area contributed by atoms with Crippen LogP contribution >= 0.6 is 0 Å². The van der Waals surface area contributed by atoms with Crippen molar-refractivity contribution in [3.05, 3.63) is 17.8 Å². The Bertz CT molecular complexity index is 378. The molecule has 1 heterocycles. The van der Waals surface area contributed by atoms with Crippen LogP contribution in [0.1, 0.15) is 31.7 Å². The first-order valence-electron chi connectivity index (χ1n) is 5.35. The molecule has 1 aliphatic carbocycles. The zero-order valence-corrected chi connectivity index (χ0v) is 8.85. The molecule has 0 aliphatic heterocycles. The van der Waals surface area contributed by atoms with Gasteiger partial charge in [-0.05, 0) is 25.3 Å². The van der Waals surface area contributed by atoms with E-state index in [1.807, 2.05) is 0 Å². The lowest BCUT2D eigenvalue weighted by Crippen LogP contribution is -2.28. The smallest absolute Gasteiger partial charge is 0.169 e. The SMILES string of the molecule is CCCN(c1nnccc1C#N)C1CC1. The Morgan fingerprint density at radius 2 is 2.40 bits per heavy atom. The van der Waals surface area contributed by atoms with E-state index in [4.69, 9.17) is 5.26 Å². The normalized spacial score (nSPS) is 14.7. The van der Waals surface area contributed by atoms with Gasteiger partial charge in [0.15, 0.2) is 5.82 Å². The lowest BCUT2D eigenvalue weighted by atomic mass is 10.2. The monoisotopic (exact) mass is 202 g/mol. The van der Waals surface area contributed by atoms with E-state index in [1.165, 1.54) is 12.8 Å². The van der Waals surface area contributed by atoms with E-state index >= 15 is 0 Å². The van der Waals surface area contributed by atoms with Gasteiger partial charge in [0.1, 0.15) is 6.07 Å². The summed E-state index contributed by atoms with van der Waals surface area (Å²) < 4.78 is 0. The van der Waals surface area contributed by atoms with Crippen molar-refractivity contribution in [2.24, 2.45) is 0 Å². The van der Waals surface area contributed by atoms with E-state index in [-0.39, 0.29) is 0 Å². The van der Waals surface area contributed by atoms with Gasteiger partial charge in [0.25, 0.3) is 0 Å². The molecule has 1 aromatic heterocycles. The summed E-state index contributed by atoms with van der Waals surface area (Å²) in [6.45, 7) is 3.09. The first kappa shape index (κ1) is 9.91. The number of aromatic nitrogens is 2. The van der Waals surface area contributed by atoms with Crippen LogP contribution in [0.5, 0.6) is 0 Å². The summed E-state index contributed by atoms with van der Waals surface area (Å²) in [6.07, 6.45) is 5.06. The highest BCUT2D eigenvalue weighted by molar-refractivity contribution is 5.53. The van der Waals surface area contributed by atoms with Crippen molar-refractivity contribution >= 4 is 5.82 Å². The van der Waals surface area contributed by atoms with Crippen LogP contribution in [-0.2, 0) is 0 Å². The largest absolute Gasteiger partial charge is 0.351 e. The minimum absolute atomic E-state index is 0.578. The highest BCUT2D eigenvalue weighted by Crippen LogP contribution is 2.31. The molecule has 78 valence electrons. The fourth-order valence-corrected chi connectivity index (χ4v) is 1.71. The number of hydrogen-bond acceptors (Lipinski definition) is 4. The lowest BCUT2D eigenvalue weighted by Gasteiger charge is -2.22. The van der Waals surface area contributed by atoms with Crippen molar-refractivity contribution in [3.8, 4) is 6.07 Å². The summed E-state index contributed by atoms with van der Waals surface area (Å²) in [5.41, 5.74) is 0.630. The maximum atomic E-state index is 8.99. The highest BCUT2D eigenvalue weighted by Gasteiger charge is 2.30. The Labute approximate surface area is 89.5 Å². The molecule has 4 nitrogen and oxygen atoms in total. The molecule has 0 saturated heterocycles. The molecule has 0 spiro atoms. The average molecular weight is 202 g/mol. The molecular formula is C11H14N4. The number of nitriles is 1. The van der Waals surface area contributed by atoms with Crippen LogP contribution < -0.4 is 4.90 Å². The summed E-state index contributed by atoms with van der Waals surface area (Å²) in [5.74, 6) is 0.754. The fraction of sp³-hybridized carbons (Fsp3) is 0.545. The molecule has 1 saturated carbocycles. The topological polar surface area (TPSA) is 52.8 Å². The van der Waals surface area contributed by atoms with E-state index in [2.05, 4.69) is 28.1 Å².